The summed E-state index contributed by atoms with van der Waals surface area (Å²) in [5, 5.41) is 7.45. The molecular weight excluding hydrogens is 392 g/mol. The van der Waals surface area contributed by atoms with Gasteiger partial charge in [0.1, 0.15) is 12.4 Å². The average Bonchev–Trinajstić information content (AvgIpc) is 3.21. The SMILES string of the molecule is C[C@H](OC(=O)CNC(=O)CNC(=O)c1ccco1)C(=O)Nc1ccc(Cl)cn1. The van der Waals surface area contributed by atoms with Crippen LogP contribution in [0.2, 0.25) is 5.02 Å². The van der Waals surface area contributed by atoms with Crippen molar-refractivity contribution in [2.75, 3.05) is 18.4 Å². The van der Waals surface area contributed by atoms with Crippen molar-refractivity contribution in [3.63, 3.8) is 0 Å². The zero-order valence-corrected chi connectivity index (χ0v) is 15.5. The van der Waals surface area contributed by atoms with Gasteiger partial charge in [-0.15, -0.1) is 0 Å². The zero-order chi connectivity index (χ0) is 20.5. The van der Waals surface area contributed by atoms with Crippen molar-refractivity contribution >= 4 is 41.1 Å². The van der Waals surface area contributed by atoms with Crippen molar-refractivity contribution in [2.45, 2.75) is 13.0 Å². The molecule has 2 aromatic rings. The summed E-state index contributed by atoms with van der Waals surface area (Å²) < 4.78 is 9.79. The van der Waals surface area contributed by atoms with Crippen molar-refractivity contribution in [1.82, 2.24) is 15.6 Å². The monoisotopic (exact) mass is 408 g/mol. The molecule has 0 bridgehead atoms. The molecule has 0 unspecified atom stereocenters. The van der Waals surface area contributed by atoms with E-state index in [-0.39, 0.29) is 18.1 Å². The highest BCUT2D eigenvalue weighted by Crippen LogP contribution is 2.10. The Bertz CT molecular complexity index is 838. The molecule has 0 aliphatic rings. The standard InChI is InChI=1S/C17H17ClN4O6/c1-10(16(25)22-13-5-4-11(18)7-19-13)28-15(24)9-20-14(23)8-21-17(26)12-3-2-6-27-12/h2-7,10H,8-9H2,1H3,(H,20,23)(H,21,26)(H,19,22,25)/t10-/m0/s1. The number of amides is 3. The van der Waals surface area contributed by atoms with Crippen LogP contribution in [-0.4, -0.2) is 47.9 Å². The topological polar surface area (TPSA) is 140 Å². The smallest absolute Gasteiger partial charge is 0.326 e. The number of furan rings is 1. The Morgan fingerprint density at radius 2 is 1.96 bits per heavy atom. The number of esters is 1. The molecule has 2 aromatic heterocycles. The minimum Gasteiger partial charge on any atom is -0.459 e. The minimum atomic E-state index is -1.11. The number of ether oxygens (including phenoxy) is 1. The predicted molar refractivity (Wildman–Crippen MR) is 97.5 cm³/mol. The Balaban J connectivity index is 1.67. The number of anilines is 1. The van der Waals surface area contributed by atoms with Gasteiger partial charge in [-0.1, -0.05) is 11.6 Å². The second kappa shape index (κ2) is 10.1. The third-order valence-electron chi connectivity index (χ3n) is 3.24. The van der Waals surface area contributed by atoms with Gasteiger partial charge in [-0.05, 0) is 31.2 Å². The van der Waals surface area contributed by atoms with E-state index in [9.17, 15) is 19.2 Å². The molecule has 0 fully saturated rings. The Hall–Kier alpha value is -3.40. The number of nitrogens with one attached hydrogen (secondary N) is 3. The lowest BCUT2D eigenvalue weighted by Gasteiger charge is -2.13. The highest BCUT2D eigenvalue weighted by molar-refractivity contribution is 6.30. The number of nitrogens with zero attached hydrogens (tertiary/aromatic N) is 1. The van der Waals surface area contributed by atoms with Crippen LogP contribution >= 0.6 is 11.6 Å². The maximum Gasteiger partial charge on any atom is 0.326 e. The Morgan fingerprint density at radius 1 is 1.18 bits per heavy atom. The number of rotatable bonds is 8. The molecule has 10 nitrogen and oxygen atoms in total. The highest BCUT2D eigenvalue weighted by Gasteiger charge is 2.19. The minimum absolute atomic E-state index is 0.0576. The molecule has 148 valence electrons. The van der Waals surface area contributed by atoms with Gasteiger partial charge in [0.15, 0.2) is 11.9 Å². The molecule has 3 amide bonds. The maximum atomic E-state index is 12.0. The van der Waals surface area contributed by atoms with Gasteiger partial charge >= 0.3 is 5.97 Å². The van der Waals surface area contributed by atoms with Crippen LogP contribution in [0.25, 0.3) is 0 Å². The Kier molecular flexibility index (Phi) is 7.52. The summed E-state index contributed by atoms with van der Waals surface area (Å²) in [7, 11) is 0. The van der Waals surface area contributed by atoms with E-state index in [1.54, 1.807) is 6.07 Å². The predicted octanol–water partition coefficient (Wildman–Crippen LogP) is 0.744. The van der Waals surface area contributed by atoms with Crippen LogP contribution in [0, 0.1) is 0 Å². The number of carbonyl (C=O) groups is 4. The summed E-state index contributed by atoms with van der Waals surface area (Å²) in [6, 6.07) is 6.01. The number of aromatic nitrogens is 1. The van der Waals surface area contributed by atoms with Crippen LogP contribution in [0.1, 0.15) is 17.5 Å². The summed E-state index contributed by atoms with van der Waals surface area (Å²) >= 11 is 5.70. The lowest BCUT2D eigenvalue weighted by Crippen LogP contribution is -2.40. The molecule has 2 rings (SSSR count). The number of carbonyl (C=O) groups excluding carboxylic acids is 4. The van der Waals surface area contributed by atoms with Gasteiger partial charge in [0.2, 0.25) is 5.91 Å². The number of hydrogen-bond acceptors (Lipinski definition) is 7. The molecule has 1 atom stereocenters. The van der Waals surface area contributed by atoms with E-state index in [0.717, 1.165) is 0 Å². The molecular formula is C17H17ClN4O6. The van der Waals surface area contributed by atoms with Crippen molar-refractivity contribution in [2.24, 2.45) is 0 Å². The van der Waals surface area contributed by atoms with E-state index < -0.39 is 36.3 Å². The molecule has 0 aliphatic heterocycles. The highest BCUT2D eigenvalue weighted by atomic mass is 35.5. The zero-order valence-electron chi connectivity index (χ0n) is 14.7. The van der Waals surface area contributed by atoms with Crippen molar-refractivity contribution in [3.8, 4) is 0 Å². The summed E-state index contributed by atoms with van der Waals surface area (Å²) in [5.74, 6) is -2.29. The second-order valence-electron chi connectivity index (χ2n) is 5.42. The molecule has 0 aliphatic carbocycles. The summed E-state index contributed by atoms with van der Waals surface area (Å²) in [6.07, 6.45) is 1.57. The van der Waals surface area contributed by atoms with E-state index in [1.807, 2.05) is 0 Å². The molecule has 0 aromatic carbocycles. The van der Waals surface area contributed by atoms with Crippen molar-refractivity contribution in [3.05, 3.63) is 47.5 Å². The summed E-state index contributed by atoms with van der Waals surface area (Å²) in [4.78, 5) is 50.8. The lowest BCUT2D eigenvalue weighted by molar-refractivity contribution is -0.152. The molecule has 0 radical (unpaired) electrons. The van der Waals surface area contributed by atoms with E-state index in [4.69, 9.17) is 20.8 Å². The van der Waals surface area contributed by atoms with Crippen LogP contribution in [0.5, 0.6) is 0 Å². The van der Waals surface area contributed by atoms with Crippen LogP contribution < -0.4 is 16.0 Å². The fraction of sp³-hybridized carbons (Fsp3) is 0.235. The van der Waals surface area contributed by atoms with Crippen LogP contribution in [-0.2, 0) is 19.1 Å². The first kappa shape index (κ1) is 20.9. The summed E-state index contributed by atoms with van der Waals surface area (Å²) in [6.45, 7) is 0.548. The first-order valence-electron chi connectivity index (χ1n) is 8.05. The number of hydrogen-bond donors (Lipinski definition) is 3. The first-order chi connectivity index (χ1) is 13.3. The third-order valence-corrected chi connectivity index (χ3v) is 3.46. The van der Waals surface area contributed by atoms with Gasteiger partial charge in [-0.3, -0.25) is 19.2 Å². The van der Waals surface area contributed by atoms with Crippen LogP contribution in [0.3, 0.4) is 0 Å². The second-order valence-corrected chi connectivity index (χ2v) is 5.86. The normalized spacial score (nSPS) is 11.2. The first-order valence-corrected chi connectivity index (χ1v) is 8.43. The maximum absolute atomic E-state index is 12.0. The van der Waals surface area contributed by atoms with E-state index in [2.05, 4.69) is 20.9 Å². The van der Waals surface area contributed by atoms with Gasteiger partial charge in [0.25, 0.3) is 11.8 Å². The molecule has 0 saturated heterocycles. The van der Waals surface area contributed by atoms with Crippen molar-refractivity contribution < 1.29 is 28.3 Å². The van der Waals surface area contributed by atoms with Crippen molar-refractivity contribution in [1.29, 1.82) is 0 Å². The van der Waals surface area contributed by atoms with Gasteiger partial charge in [0, 0.05) is 6.20 Å². The van der Waals surface area contributed by atoms with Gasteiger partial charge in [0.05, 0.1) is 17.8 Å². The molecule has 0 saturated carbocycles. The van der Waals surface area contributed by atoms with Crippen LogP contribution in [0.15, 0.2) is 41.1 Å². The van der Waals surface area contributed by atoms with Gasteiger partial charge < -0.3 is 25.1 Å². The third kappa shape index (κ3) is 6.72. The molecule has 11 heteroatoms. The lowest BCUT2D eigenvalue weighted by atomic mass is 10.3. The Labute approximate surface area is 164 Å². The fourth-order valence-electron chi connectivity index (χ4n) is 1.86. The van der Waals surface area contributed by atoms with Gasteiger partial charge in [-0.25, -0.2) is 4.98 Å². The average molecular weight is 409 g/mol. The Morgan fingerprint density at radius 3 is 2.61 bits per heavy atom. The van der Waals surface area contributed by atoms with E-state index >= 15 is 0 Å². The van der Waals surface area contributed by atoms with E-state index in [1.165, 1.54) is 37.6 Å². The number of halogens is 1. The van der Waals surface area contributed by atoms with Crippen LogP contribution in [0.4, 0.5) is 5.82 Å². The molecule has 3 N–H and O–H groups in total. The molecule has 28 heavy (non-hydrogen) atoms. The molecule has 2 heterocycles. The van der Waals surface area contributed by atoms with Gasteiger partial charge in [-0.2, -0.15) is 0 Å². The largest absolute Gasteiger partial charge is 0.459 e. The fourth-order valence-corrected chi connectivity index (χ4v) is 1.97. The molecule has 0 spiro atoms. The summed E-state index contributed by atoms with van der Waals surface area (Å²) in [5.41, 5.74) is 0. The number of pyridine rings is 1. The quantitative estimate of drug-likeness (QED) is 0.547. The van der Waals surface area contributed by atoms with E-state index in [0.29, 0.717) is 5.02 Å².